The first-order chi connectivity index (χ1) is 7.02. The van der Waals surface area contributed by atoms with Crippen molar-refractivity contribution in [2.24, 2.45) is 0 Å². The van der Waals surface area contributed by atoms with Crippen molar-refractivity contribution in [3.05, 3.63) is 0 Å². The van der Waals surface area contributed by atoms with E-state index in [-0.39, 0.29) is 25.2 Å². The van der Waals surface area contributed by atoms with Gasteiger partial charge in [0.05, 0.1) is 18.4 Å². The van der Waals surface area contributed by atoms with E-state index in [1.165, 1.54) is 0 Å². The van der Waals surface area contributed by atoms with Gasteiger partial charge in [0.25, 0.3) is 0 Å². The van der Waals surface area contributed by atoms with Crippen LogP contribution in [0.5, 0.6) is 0 Å². The first-order valence-electron chi connectivity index (χ1n) is 4.75. The van der Waals surface area contributed by atoms with E-state index in [1.807, 2.05) is 13.0 Å². The van der Waals surface area contributed by atoms with Gasteiger partial charge < -0.3 is 4.74 Å². The maximum atomic E-state index is 11.3. The minimum absolute atomic E-state index is 0.137. The van der Waals surface area contributed by atoms with Crippen LogP contribution in [0.1, 0.15) is 26.2 Å². The van der Waals surface area contributed by atoms with Crippen LogP contribution in [0.4, 0.5) is 0 Å². The van der Waals surface area contributed by atoms with Gasteiger partial charge in [-0.2, -0.15) is 5.26 Å². The summed E-state index contributed by atoms with van der Waals surface area (Å²) in [5, 5.41) is 8.22. The summed E-state index contributed by atoms with van der Waals surface area (Å²) in [6, 6.07) is 1.85. The molecule has 0 aliphatic carbocycles. The number of unbranched alkanes of at least 4 members (excludes halogenated alkanes) is 1. The monoisotopic (exact) mass is 233 g/mol. The number of nitrogens with zero attached hydrogens (tertiary/aromatic N) is 1. The van der Waals surface area contributed by atoms with E-state index in [4.69, 9.17) is 5.26 Å². The lowest BCUT2D eigenvalue weighted by molar-refractivity contribution is -0.140. The summed E-state index contributed by atoms with van der Waals surface area (Å²) in [5.74, 6) is -1.44. The number of sulfone groups is 1. The van der Waals surface area contributed by atoms with Crippen molar-refractivity contribution in [3.8, 4) is 6.07 Å². The Balaban J connectivity index is 3.93. The van der Waals surface area contributed by atoms with Crippen molar-refractivity contribution in [1.29, 1.82) is 5.26 Å². The second-order valence-corrected chi connectivity index (χ2v) is 5.26. The summed E-state index contributed by atoms with van der Waals surface area (Å²) in [7, 11) is -3.41. The zero-order valence-electron chi connectivity index (χ0n) is 8.73. The van der Waals surface area contributed by atoms with Gasteiger partial charge in [-0.1, -0.05) is 6.92 Å². The molecule has 0 aromatic heterocycles. The van der Waals surface area contributed by atoms with E-state index < -0.39 is 21.6 Å². The van der Waals surface area contributed by atoms with Crippen LogP contribution in [0.2, 0.25) is 0 Å². The van der Waals surface area contributed by atoms with E-state index >= 15 is 0 Å². The highest BCUT2D eigenvalue weighted by Gasteiger charge is 2.16. The van der Waals surface area contributed by atoms with Gasteiger partial charge in [0.15, 0.2) is 9.84 Å². The van der Waals surface area contributed by atoms with Crippen molar-refractivity contribution in [2.45, 2.75) is 26.2 Å². The minimum atomic E-state index is -3.41. The molecule has 0 aromatic carbocycles. The minimum Gasteiger partial charge on any atom is -0.465 e. The summed E-state index contributed by atoms with van der Waals surface area (Å²) in [6.07, 6.45) is 1.11. The molecule has 0 unspecified atom stereocenters. The van der Waals surface area contributed by atoms with Gasteiger partial charge in [-0.05, 0) is 12.8 Å². The zero-order valence-corrected chi connectivity index (χ0v) is 9.55. The summed E-state index contributed by atoms with van der Waals surface area (Å²) in [5.41, 5.74) is 0. The predicted octanol–water partition coefficient (Wildman–Crippen LogP) is 0.658. The number of esters is 1. The SMILES string of the molecule is CCCOC(=O)CS(=O)(=O)CCCC#N. The fourth-order valence-corrected chi connectivity index (χ4v) is 2.05. The Morgan fingerprint density at radius 3 is 2.67 bits per heavy atom. The van der Waals surface area contributed by atoms with E-state index in [2.05, 4.69) is 4.74 Å². The molecule has 0 spiro atoms. The summed E-state index contributed by atoms with van der Waals surface area (Å²) in [4.78, 5) is 11.0. The fourth-order valence-electron chi connectivity index (χ4n) is 0.880. The molecule has 0 aliphatic rings. The molecule has 0 saturated heterocycles. The lowest BCUT2D eigenvalue weighted by Gasteiger charge is -2.03. The second-order valence-electron chi connectivity index (χ2n) is 3.07. The van der Waals surface area contributed by atoms with Crippen LogP contribution in [0.25, 0.3) is 0 Å². The van der Waals surface area contributed by atoms with Crippen LogP contribution >= 0.6 is 0 Å². The number of carbonyl (C=O) groups is 1. The maximum absolute atomic E-state index is 11.3. The predicted molar refractivity (Wildman–Crippen MR) is 54.8 cm³/mol. The van der Waals surface area contributed by atoms with Gasteiger partial charge in [-0.3, -0.25) is 4.79 Å². The molecule has 0 fully saturated rings. The Morgan fingerprint density at radius 2 is 2.13 bits per heavy atom. The Morgan fingerprint density at radius 1 is 1.47 bits per heavy atom. The van der Waals surface area contributed by atoms with Gasteiger partial charge >= 0.3 is 5.97 Å². The third kappa shape index (κ3) is 7.94. The fraction of sp³-hybridized carbons (Fsp3) is 0.778. The molecule has 0 saturated carbocycles. The topological polar surface area (TPSA) is 84.2 Å². The molecule has 6 heteroatoms. The van der Waals surface area contributed by atoms with Gasteiger partial charge in [0.1, 0.15) is 5.75 Å². The standard InChI is InChI=1S/C9H15NO4S/c1-2-6-14-9(11)8-15(12,13)7-4-3-5-10/h2-4,6-8H2,1H3. The van der Waals surface area contributed by atoms with E-state index in [0.29, 0.717) is 6.42 Å². The number of hydrogen-bond acceptors (Lipinski definition) is 5. The zero-order chi connectivity index (χ0) is 11.7. The van der Waals surface area contributed by atoms with Crippen LogP contribution < -0.4 is 0 Å². The molecule has 0 aliphatic heterocycles. The molecule has 0 rings (SSSR count). The molecule has 0 N–H and O–H groups in total. The molecule has 0 atom stereocenters. The smallest absolute Gasteiger partial charge is 0.321 e. The quantitative estimate of drug-likeness (QED) is 0.476. The van der Waals surface area contributed by atoms with Crippen molar-refractivity contribution >= 4 is 15.8 Å². The normalized spacial score (nSPS) is 10.7. The van der Waals surface area contributed by atoms with Crippen LogP contribution in [-0.4, -0.2) is 32.5 Å². The second kappa shape index (κ2) is 7.23. The van der Waals surface area contributed by atoms with E-state index in [1.54, 1.807) is 0 Å². The van der Waals surface area contributed by atoms with Gasteiger partial charge in [-0.15, -0.1) is 0 Å². The van der Waals surface area contributed by atoms with Crippen molar-refractivity contribution in [2.75, 3.05) is 18.1 Å². The Hall–Kier alpha value is -1.09. The Kier molecular flexibility index (Phi) is 6.71. The third-order valence-corrected chi connectivity index (χ3v) is 3.14. The molecular weight excluding hydrogens is 218 g/mol. The largest absolute Gasteiger partial charge is 0.465 e. The van der Waals surface area contributed by atoms with Crippen molar-refractivity contribution in [3.63, 3.8) is 0 Å². The molecular formula is C9H15NO4S. The highest BCUT2D eigenvalue weighted by Crippen LogP contribution is 1.98. The molecule has 15 heavy (non-hydrogen) atoms. The molecule has 5 nitrogen and oxygen atoms in total. The highest BCUT2D eigenvalue weighted by molar-refractivity contribution is 7.92. The lowest BCUT2D eigenvalue weighted by atomic mass is 10.4. The average molecular weight is 233 g/mol. The molecule has 0 heterocycles. The third-order valence-electron chi connectivity index (χ3n) is 1.55. The number of nitriles is 1. The summed E-state index contributed by atoms with van der Waals surface area (Å²) < 4.78 is 27.2. The van der Waals surface area contributed by atoms with Crippen LogP contribution in [0, 0.1) is 11.3 Å². The van der Waals surface area contributed by atoms with Crippen LogP contribution in [0.15, 0.2) is 0 Å². The van der Waals surface area contributed by atoms with Gasteiger partial charge in [0.2, 0.25) is 0 Å². The van der Waals surface area contributed by atoms with Crippen molar-refractivity contribution in [1.82, 2.24) is 0 Å². The molecule has 0 aromatic rings. The summed E-state index contributed by atoms with van der Waals surface area (Å²) in [6.45, 7) is 2.07. The highest BCUT2D eigenvalue weighted by atomic mass is 32.2. The average Bonchev–Trinajstić information content (AvgIpc) is 2.14. The number of carbonyl (C=O) groups excluding carboxylic acids is 1. The molecule has 0 bridgehead atoms. The Bertz CT molecular complexity index is 329. The van der Waals surface area contributed by atoms with Crippen LogP contribution in [0.3, 0.4) is 0 Å². The number of ether oxygens (including phenoxy) is 1. The number of rotatable bonds is 7. The lowest BCUT2D eigenvalue weighted by Crippen LogP contribution is -2.21. The Labute approximate surface area is 90.0 Å². The molecule has 86 valence electrons. The number of hydrogen-bond donors (Lipinski definition) is 0. The van der Waals surface area contributed by atoms with E-state index in [9.17, 15) is 13.2 Å². The van der Waals surface area contributed by atoms with Crippen molar-refractivity contribution < 1.29 is 17.9 Å². The molecule has 0 amide bonds. The first kappa shape index (κ1) is 13.9. The van der Waals surface area contributed by atoms with E-state index in [0.717, 1.165) is 0 Å². The van der Waals surface area contributed by atoms with Gasteiger partial charge in [-0.25, -0.2) is 8.42 Å². The molecule has 0 radical (unpaired) electrons. The maximum Gasteiger partial charge on any atom is 0.321 e. The summed E-state index contributed by atoms with van der Waals surface area (Å²) >= 11 is 0. The van der Waals surface area contributed by atoms with Crippen LogP contribution in [-0.2, 0) is 19.4 Å². The van der Waals surface area contributed by atoms with Gasteiger partial charge in [0, 0.05) is 6.42 Å². The first-order valence-corrected chi connectivity index (χ1v) is 6.57.